The number of aryl methyl sites for hydroxylation is 1. The van der Waals surface area contributed by atoms with Crippen LogP contribution in [-0.4, -0.2) is 64.7 Å². The van der Waals surface area contributed by atoms with Crippen molar-refractivity contribution in [2.24, 2.45) is 0 Å². The first-order valence-electron chi connectivity index (χ1n) is 10.3. The first-order valence-corrected chi connectivity index (χ1v) is 10.3. The van der Waals surface area contributed by atoms with Crippen LogP contribution in [0.15, 0.2) is 48.5 Å². The number of carbonyl (C=O) groups is 1. The van der Waals surface area contributed by atoms with Crippen LogP contribution in [0.1, 0.15) is 11.4 Å². The fourth-order valence-electron chi connectivity index (χ4n) is 3.84. The number of morpholine rings is 1. The number of ether oxygens (including phenoxy) is 1. The Morgan fingerprint density at radius 1 is 1.13 bits per heavy atom. The van der Waals surface area contributed by atoms with Gasteiger partial charge in [-0.25, -0.2) is 9.37 Å². The zero-order valence-corrected chi connectivity index (χ0v) is 17.3. The van der Waals surface area contributed by atoms with E-state index in [1.807, 2.05) is 35.8 Å². The molecule has 158 valence electrons. The fourth-order valence-corrected chi connectivity index (χ4v) is 3.84. The number of rotatable bonds is 7. The Labute approximate surface area is 175 Å². The van der Waals surface area contributed by atoms with E-state index in [0.29, 0.717) is 25.3 Å². The van der Waals surface area contributed by atoms with Gasteiger partial charge in [0.15, 0.2) is 0 Å². The molecule has 1 aliphatic heterocycles. The fraction of sp³-hybridized carbons (Fsp3) is 0.391. The molecule has 1 saturated heterocycles. The summed E-state index contributed by atoms with van der Waals surface area (Å²) in [6.45, 7) is 6.75. The maximum atomic E-state index is 14.3. The molecule has 1 amide bonds. The van der Waals surface area contributed by atoms with Crippen molar-refractivity contribution < 1.29 is 13.9 Å². The maximum Gasteiger partial charge on any atom is 0.242 e. The molecule has 2 aromatic carbocycles. The molecule has 4 rings (SSSR count). The van der Waals surface area contributed by atoms with E-state index in [-0.39, 0.29) is 24.8 Å². The number of nitrogens with zero attached hydrogens (tertiary/aromatic N) is 4. The molecule has 2 heterocycles. The molecule has 1 fully saturated rings. The molecular weight excluding hydrogens is 383 g/mol. The Hall–Kier alpha value is -2.77. The number of aromatic nitrogens is 2. The highest BCUT2D eigenvalue weighted by Crippen LogP contribution is 2.17. The number of para-hydroxylation sites is 2. The average molecular weight is 410 g/mol. The number of benzene rings is 2. The third-order valence-corrected chi connectivity index (χ3v) is 5.60. The summed E-state index contributed by atoms with van der Waals surface area (Å²) in [5, 5.41) is 0. The molecule has 0 N–H and O–H groups in total. The van der Waals surface area contributed by atoms with E-state index in [2.05, 4.69) is 9.88 Å². The molecule has 0 saturated carbocycles. The van der Waals surface area contributed by atoms with Crippen LogP contribution in [0.25, 0.3) is 11.0 Å². The molecule has 3 aromatic rings. The molecule has 1 aromatic heterocycles. The van der Waals surface area contributed by atoms with Gasteiger partial charge in [-0.05, 0) is 25.1 Å². The summed E-state index contributed by atoms with van der Waals surface area (Å²) in [4.78, 5) is 21.9. The van der Waals surface area contributed by atoms with Gasteiger partial charge in [0.1, 0.15) is 18.2 Å². The standard InChI is InChI=1S/C23H27FN4O2/c1-18-25-21-8-4-5-9-22(21)28(18)17-23(29)27(11-10-26-12-14-30-15-13-26)16-19-6-2-3-7-20(19)24/h2-9H,10-17H2,1H3. The van der Waals surface area contributed by atoms with Gasteiger partial charge in [0.25, 0.3) is 0 Å². The van der Waals surface area contributed by atoms with Gasteiger partial charge >= 0.3 is 0 Å². The lowest BCUT2D eigenvalue weighted by atomic mass is 10.2. The molecule has 0 bridgehead atoms. The van der Waals surface area contributed by atoms with Crippen molar-refractivity contribution in [1.29, 1.82) is 0 Å². The molecule has 7 heteroatoms. The summed E-state index contributed by atoms with van der Waals surface area (Å²) >= 11 is 0. The first kappa shape index (κ1) is 20.5. The highest BCUT2D eigenvalue weighted by molar-refractivity contribution is 5.81. The van der Waals surface area contributed by atoms with Crippen LogP contribution in [0.5, 0.6) is 0 Å². The molecule has 0 radical (unpaired) electrons. The second-order valence-electron chi connectivity index (χ2n) is 7.59. The van der Waals surface area contributed by atoms with Crippen molar-refractivity contribution in [3.05, 3.63) is 65.7 Å². The van der Waals surface area contributed by atoms with E-state index in [0.717, 1.165) is 36.5 Å². The van der Waals surface area contributed by atoms with Crippen LogP contribution in [0, 0.1) is 12.7 Å². The zero-order valence-electron chi connectivity index (χ0n) is 17.3. The minimum Gasteiger partial charge on any atom is -0.379 e. The Bertz CT molecular complexity index is 1010. The van der Waals surface area contributed by atoms with E-state index in [1.165, 1.54) is 6.07 Å². The quantitative estimate of drug-likeness (QED) is 0.601. The van der Waals surface area contributed by atoms with Crippen molar-refractivity contribution in [2.45, 2.75) is 20.0 Å². The van der Waals surface area contributed by atoms with Crippen molar-refractivity contribution >= 4 is 16.9 Å². The molecule has 1 aliphatic rings. The Kier molecular flexibility index (Phi) is 6.40. The van der Waals surface area contributed by atoms with Crippen molar-refractivity contribution in [2.75, 3.05) is 39.4 Å². The normalized spacial score (nSPS) is 14.9. The monoisotopic (exact) mass is 410 g/mol. The van der Waals surface area contributed by atoms with Crippen molar-refractivity contribution in [3.8, 4) is 0 Å². The van der Waals surface area contributed by atoms with Crippen molar-refractivity contribution in [3.63, 3.8) is 0 Å². The molecule has 0 atom stereocenters. The number of amides is 1. The van der Waals surface area contributed by atoms with Gasteiger partial charge < -0.3 is 14.2 Å². The van der Waals surface area contributed by atoms with Gasteiger partial charge in [-0.2, -0.15) is 0 Å². The van der Waals surface area contributed by atoms with Gasteiger partial charge in [0, 0.05) is 38.3 Å². The number of carbonyl (C=O) groups excluding carboxylic acids is 1. The smallest absolute Gasteiger partial charge is 0.242 e. The van der Waals surface area contributed by atoms with E-state index >= 15 is 0 Å². The topological polar surface area (TPSA) is 50.6 Å². The summed E-state index contributed by atoms with van der Waals surface area (Å²) in [6.07, 6.45) is 0. The van der Waals surface area contributed by atoms with Crippen molar-refractivity contribution in [1.82, 2.24) is 19.4 Å². The molecule has 0 unspecified atom stereocenters. The molecule has 6 nitrogen and oxygen atoms in total. The van der Waals surface area contributed by atoms with E-state index < -0.39 is 0 Å². The average Bonchev–Trinajstić information content (AvgIpc) is 3.08. The van der Waals surface area contributed by atoms with E-state index in [1.54, 1.807) is 23.1 Å². The highest BCUT2D eigenvalue weighted by Gasteiger charge is 2.20. The number of fused-ring (bicyclic) bond motifs is 1. The summed E-state index contributed by atoms with van der Waals surface area (Å²) in [5.41, 5.74) is 2.33. The minimum absolute atomic E-state index is 0.0437. The second-order valence-corrected chi connectivity index (χ2v) is 7.59. The Morgan fingerprint density at radius 2 is 1.87 bits per heavy atom. The third-order valence-electron chi connectivity index (χ3n) is 5.60. The zero-order chi connectivity index (χ0) is 20.9. The van der Waals surface area contributed by atoms with Crippen LogP contribution in [0.3, 0.4) is 0 Å². The third kappa shape index (κ3) is 4.68. The van der Waals surface area contributed by atoms with Crippen LogP contribution in [0.4, 0.5) is 4.39 Å². The van der Waals surface area contributed by atoms with Gasteiger partial charge in [0.2, 0.25) is 5.91 Å². The predicted molar refractivity (Wildman–Crippen MR) is 114 cm³/mol. The first-order chi connectivity index (χ1) is 14.6. The molecule has 30 heavy (non-hydrogen) atoms. The maximum absolute atomic E-state index is 14.3. The molecule has 0 aliphatic carbocycles. The number of hydrogen-bond donors (Lipinski definition) is 0. The van der Waals surface area contributed by atoms with E-state index in [4.69, 9.17) is 4.74 Å². The number of imidazole rings is 1. The van der Waals surface area contributed by atoms with Crippen LogP contribution < -0.4 is 0 Å². The van der Waals surface area contributed by atoms with Crippen LogP contribution >= 0.6 is 0 Å². The van der Waals surface area contributed by atoms with E-state index in [9.17, 15) is 9.18 Å². The lowest BCUT2D eigenvalue weighted by Gasteiger charge is -2.30. The summed E-state index contributed by atoms with van der Waals surface area (Å²) in [7, 11) is 0. The molecular formula is C23H27FN4O2. The number of halogens is 1. The summed E-state index contributed by atoms with van der Waals surface area (Å²) < 4.78 is 21.6. The SMILES string of the molecule is Cc1nc2ccccc2n1CC(=O)N(CCN1CCOCC1)Cc1ccccc1F. The summed E-state index contributed by atoms with van der Waals surface area (Å²) in [6, 6.07) is 14.4. The molecule has 0 spiro atoms. The second kappa shape index (κ2) is 9.36. The largest absolute Gasteiger partial charge is 0.379 e. The lowest BCUT2D eigenvalue weighted by Crippen LogP contribution is -2.43. The summed E-state index contributed by atoms with van der Waals surface area (Å²) in [5.74, 6) is 0.465. The number of hydrogen-bond acceptors (Lipinski definition) is 4. The minimum atomic E-state index is -0.286. The lowest BCUT2D eigenvalue weighted by molar-refractivity contribution is -0.132. The van der Waals surface area contributed by atoms with Gasteiger partial charge in [-0.3, -0.25) is 9.69 Å². The predicted octanol–water partition coefficient (Wildman–Crippen LogP) is 2.84. The van der Waals surface area contributed by atoms with Gasteiger partial charge in [-0.1, -0.05) is 30.3 Å². The van der Waals surface area contributed by atoms with Gasteiger partial charge in [-0.15, -0.1) is 0 Å². The highest BCUT2D eigenvalue weighted by atomic mass is 19.1. The van der Waals surface area contributed by atoms with Gasteiger partial charge in [0.05, 0.1) is 24.2 Å². The Balaban J connectivity index is 1.53. The Morgan fingerprint density at radius 3 is 2.67 bits per heavy atom. The van der Waals surface area contributed by atoms with Crippen LogP contribution in [0.2, 0.25) is 0 Å². The van der Waals surface area contributed by atoms with Crippen LogP contribution in [-0.2, 0) is 22.6 Å².